The first-order valence-corrected chi connectivity index (χ1v) is 12.8. The summed E-state index contributed by atoms with van der Waals surface area (Å²) in [4.78, 5) is 20.8. The summed E-state index contributed by atoms with van der Waals surface area (Å²) >= 11 is 0. The standard InChI is InChI=1S/C30H34N4O2/c1-3-22-16-31-17-25(22)19-34(13-12-24-18-32-28-14-20(2)4-8-26(24)28)29-10-7-23-15-21(5-9-27(23)29)6-11-30(35)33-36/h4-6,8-9,11,14-18,29,31-32,36H,3,7,10,12-13,19H2,1-2H3,(H,33,35)/b11-6+. The molecular weight excluding hydrogens is 448 g/mol. The summed E-state index contributed by atoms with van der Waals surface area (Å²) in [6, 6.07) is 13.4. The molecule has 0 saturated heterocycles. The maximum atomic E-state index is 11.4. The number of benzene rings is 2. The van der Waals surface area contributed by atoms with Gasteiger partial charge in [0.15, 0.2) is 0 Å². The van der Waals surface area contributed by atoms with Crippen LogP contribution in [0, 0.1) is 6.92 Å². The van der Waals surface area contributed by atoms with Gasteiger partial charge in [-0.15, -0.1) is 0 Å². The number of hydrogen-bond donors (Lipinski definition) is 4. The summed E-state index contributed by atoms with van der Waals surface area (Å²) in [6.07, 6.45) is 13.6. The van der Waals surface area contributed by atoms with Gasteiger partial charge in [0.2, 0.25) is 0 Å². The molecule has 1 aliphatic rings. The Hall–Kier alpha value is -3.61. The number of aryl methyl sites for hydroxylation is 3. The molecule has 2 aromatic carbocycles. The topological polar surface area (TPSA) is 84.2 Å². The van der Waals surface area contributed by atoms with Crippen LogP contribution in [0.2, 0.25) is 0 Å². The van der Waals surface area contributed by atoms with Crippen LogP contribution < -0.4 is 5.48 Å². The molecular formula is C30H34N4O2. The maximum absolute atomic E-state index is 11.4. The minimum Gasteiger partial charge on any atom is -0.367 e. The van der Waals surface area contributed by atoms with E-state index >= 15 is 0 Å². The molecule has 0 fully saturated rings. The van der Waals surface area contributed by atoms with Crippen molar-refractivity contribution >= 4 is 22.9 Å². The molecule has 1 aliphatic carbocycles. The van der Waals surface area contributed by atoms with Crippen LogP contribution in [-0.2, 0) is 30.6 Å². The molecule has 0 saturated carbocycles. The number of aromatic amines is 2. The average Bonchev–Trinajstić information content (AvgIpc) is 3.62. The number of carbonyl (C=O) groups is 1. The number of aromatic nitrogens is 2. The highest BCUT2D eigenvalue weighted by atomic mass is 16.5. The summed E-state index contributed by atoms with van der Waals surface area (Å²) in [6.45, 7) is 6.22. The summed E-state index contributed by atoms with van der Waals surface area (Å²) in [5.74, 6) is -0.523. The number of rotatable bonds is 9. The van der Waals surface area contributed by atoms with Gasteiger partial charge in [-0.1, -0.05) is 37.3 Å². The number of fused-ring (bicyclic) bond motifs is 2. The molecule has 1 unspecified atom stereocenters. The van der Waals surface area contributed by atoms with Gasteiger partial charge in [-0.3, -0.25) is 14.9 Å². The predicted molar refractivity (Wildman–Crippen MR) is 144 cm³/mol. The van der Waals surface area contributed by atoms with Gasteiger partial charge in [-0.25, -0.2) is 5.48 Å². The minimum absolute atomic E-state index is 0.353. The molecule has 4 aromatic rings. The number of carbonyl (C=O) groups excluding carboxylic acids is 1. The largest absolute Gasteiger partial charge is 0.367 e. The first kappa shape index (κ1) is 24.1. The highest BCUT2D eigenvalue weighted by molar-refractivity contribution is 5.90. The zero-order chi connectivity index (χ0) is 25.1. The fourth-order valence-electron chi connectivity index (χ4n) is 5.55. The second kappa shape index (κ2) is 10.6. The third kappa shape index (κ3) is 5.01. The number of amides is 1. The van der Waals surface area contributed by atoms with Crippen molar-refractivity contribution < 1.29 is 10.0 Å². The maximum Gasteiger partial charge on any atom is 0.267 e. The number of nitrogens with zero attached hydrogens (tertiary/aromatic N) is 1. The van der Waals surface area contributed by atoms with Crippen molar-refractivity contribution in [3.63, 3.8) is 0 Å². The summed E-state index contributed by atoms with van der Waals surface area (Å²) in [5.41, 5.74) is 11.9. The lowest BCUT2D eigenvalue weighted by Gasteiger charge is -2.30. The average molecular weight is 483 g/mol. The SMILES string of the molecule is CCc1c[nH]cc1CN(CCc1c[nH]c2cc(C)ccc12)C1CCc2cc(/C=C/C(=O)NO)ccc21. The van der Waals surface area contributed by atoms with E-state index < -0.39 is 5.91 Å². The van der Waals surface area contributed by atoms with Gasteiger partial charge in [-0.05, 0) is 83.7 Å². The molecule has 0 aliphatic heterocycles. The molecule has 6 heteroatoms. The third-order valence-corrected chi connectivity index (χ3v) is 7.46. The van der Waals surface area contributed by atoms with Gasteiger partial charge in [-0.2, -0.15) is 0 Å². The second-order valence-corrected chi connectivity index (χ2v) is 9.76. The van der Waals surface area contributed by atoms with Gasteiger partial charge in [0.05, 0.1) is 0 Å². The molecule has 5 rings (SSSR count). The van der Waals surface area contributed by atoms with Crippen LogP contribution in [0.1, 0.15) is 58.3 Å². The van der Waals surface area contributed by atoms with Gasteiger partial charge in [0.1, 0.15) is 0 Å². The zero-order valence-corrected chi connectivity index (χ0v) is 21.0. The van der Waals surface area contributed by atoms with Crippen LogP contribution in [0.5, 0.6) is 0 Å². The smallest absolute Gasteiger partial charge is 0.267 e. The molecule has 1 amide bonds. The lowest BCUT2D eigenvalue weighted by Crippen LogP contribution is -2.29. The summed E-state index contributed by atoms with van der Waals surface area (Å²) < 4.78 is 0. The molecule has 0 bridgehead atoms. The molecule has 36 heavy (non-hydrogen) atoms. The minimum atomic E-state index is -0.523. The molecule has 0 spiro atoms. The van der Waals surface area contributed by atoms with Crippen LogP contribution in [0.4, 0.5) is 0 Å². The van der Waals surface area contributed by atoms with Crippen molar-refractivity contribution in [2.45, 2.75) is 52.1 Å². The van der Waals surface area contributed by atoms with E-state index in [4.69, 9.17) is 5.21 Å². The Balaban J connectivity index is 1.40. The lowest BCUT2D eigenvalue weighted by molar-refractivity contribution is -0.124. The van der Waals surface area contributed by atoms with Crippen molar-refractivity contribution in [2.75, 3.05) is 6.54 Å². The Labute approximate surface area is 212 Å². The fraction of sp³-hybridized carbons (Fsp3) is 0.300. The van der Waals surface area contributed by atoms with Crippen molar-refractivity contribution in [1.82, 2.24) is 20.3 Å². The van der Waals surface area contributed by atoms with Crippen molar-refractivity contribution in [3.05, 3.63) is 100 Å². The van der Waals surface area contributed by atoms with Crippen molar-refractivity contribution in [2.24, 2.45) is 0 Å². The Morgan fingerprint density at radius 1 is 1.14 bits per heavy atom. The molecule has 2 aromatic heterocycles. The number of hydroxylamine groups is 1. The predicted octanol–water partition coefficient (Wildman–Crippen LogP) is 5.62. The number of hydrogen-bond acceptors (Lipinski definition) is 3. The van der Waals surface area contributed by atoms with E-state index in [0.29, 0.717) is 6.04 Å². The fourth-order valence-corrected chi connectivity index (χ4v) is 5.55. The molecule has 4 N–H and O–H groups in total. The van der Waals surface area contributed by atoms with E-state index in [1.54, 1.807) is 11.6 Å². The van der Waals surface area contributed by atoms with Crippen LogP contribution in [-0.4, -0.2) is 32.5 Å². The first-order valence-electron chi connectivity index (χ1n) is 12.8. The van der Waals surface area contributed by atoms with Gasteiger partial charge < -0.3 is 9.97 Å². The highest BCUT2D eigenvalue weighted by Gasteiger charge is 2.28. The Kier molecular flexibility index (Phi) is 7.07. The monoisotopic (exact) mass is 482 g/mol. The van der Waals surface area contributed by atoms with E-state index in [1.165, 1.54) is 50.4 Å². The van der Waals surface area contributed by atoms with E-state index in [2.05, 4.69) is 83.7 Å². The summed E-state index contributed by atoms with van der Waals surface area (Å²) in [7, 11) is 0. The highest BCUT2D eigenvalue weighted by Crippen LogP contribution is 2.38. The molecule has 186 valence electrons. The number of H-pyrrole nitrogens is 2. The van der Waals surface area contributed by atoms with Crippen LogP contribution in [0.25, 0.3) is 17.0 Å². The van der Waals surface area contributed by atoms with Crippen LogP contribution in [0.3, 0.4) is 0 Å². The molecule has 0 radical (unpaired) electrons. The van der Waals surface area contributed by atoms with Crippen LogP contribution >= 0.6 is 0 Å². The van der Waals surface area contributed by atoms with E-state index in [0.717, 1.165) is 44.3 Å². The molecule has 6 nitrogen and oxygen atoms in total. The molecule has 1 atom stereocenters. The van der Waals surface area contributed by atoms with Crippen molar-refractivity contribution in [3.8, 4) is 0 Å². The van der Waals surface area contributed by atoms with Crippen molar-refractivity contribution in [1.29, 1.82) is 0 Å². The van der Waals surface area contributed by atoms with E-state index in [1.807, 2.05) is 0 Å². The second-order valence-electron chi connectivity index (χ2n) is 9.76. The van der Waals surface area contributed by atoms with Gasteiger partial charge in [0, 0.05) is 54.7 Å². The van der Waals surface area contributed by atoms with Crippen LogP contribution in [0.15, 0.2) is 61.1 Å². The third-order valence-electron chi connectivity index (χ3n) is 7.46. The number of nitrogens with one attached hydrogen (secondary N) is 3. The van der Waals surface area contributed by atoms with Gasteiger partial charge >= 0.3 is 0 Å². The quantitative estimate of drug-likeness (QED) is 0.142. The summed E-state index contributed by atoms with van der Waals surface area (Å²) in [5, 5.41) is 10.0. The Morgan fingerprint density at radius 3 is 2.83 bits per heavy atom. The van der Waals surface area contributed by atoms with E-state index in [9.17, 15) is 4.79 Å². The molecule has 2 heterocycles. The Bertz CT molecular complexity index is 1400. The van der Waals surface area contributed by atoms with Gasteiger partial charge in [0.25, 0.3) is 5.91 Å². The lowest BCUT2D eigenvalue weighted by atomic mass is 10.0. The first-order chi connectivity index (χ1) is 17.6. The van der Waals surface area contributed by atoms with E-state index in [-0.39, 0.29) is 0 Å². The normalized spacial score (nSPS) is 15.3. The Morgan fingerprint density at radius 2 is 2.00 bits per heavy atom. The zero-order valence-electron chi connectivity index (χ0n) is 21.0.